The number of rotatable bonds is 2. The summed E-state index contributed by atoms with van der Waals surface area (Å²) in [7, 11) is -0.998. The average Bonchev–Trinajstić information content (AvgIpc) is 2.96. The first kappa shape index (κ1) is 15.9. The molecule has 3 rings (SSSR count). The Bertz CT molecular complexity index is 808. The molecule has 0 fully saturated rings. The first-order chi connectivity index (χ1) is 10.8. The maximum Gasteiger partial charge on any atom is 0.259 e. The van der Waals surface area contributed by atoms with E-state index in [0.29, 0.717) is 17.3 Å². The van der Waals surface area contributed by atoms with Gasteiger partial charge in [0.15, 0.2) is 0 Å². The Balaban J connectivity index is 2.01. The molecule has 0 spiro atoms. The van der Waals surface area contributed by atoms with Crippen molar-refractivity contribution in [1.29, 1.82) is 0 Å². The van der Waals surface area contributed by atoms with E-state index in [1.54, 1.807) is 10.7 Å². The summed E-state index contributed by atoms with van der Waals surface area (Å²) in [6.07, 6.45) is 0. The third-order valence-corrected chi connectivity index (χ3v) is 4.86. The Morgan fingerprint density at radius 2 is 2.00 bits per heavy atom. The second-order valence-electron chi connectivity index (χ2n) is 6.52. The van der Waals surface area contributed by atoms with E-state index >= 15 is 0 Å². The van der Waals surface area contributed by atoms with Crippen LogP contribution in [-0.2, 0) is 27.8 Å². The molecule has 1 atom stereocenters. The van der Waals surface area contributed by atoms with Crippen molar-refractivity contribution < 1.29 is 13.4 Å². The van der Waals surface area contributed by atoms with Gasteiger partial charge in [0.05, 0.1) is 28.3 Å². The molecule has 1 aromatic heterocycles. The quantitative estimate of drug-likeness (QED) is 0.918. The topological polar surface area (TPSA) is 64.0 Å². The summed E-state index contributed by atoms with van der Waals surface area (Å²) in [5.41, 5.74) is 1.14. The lowest BCUT2D eigenvalue weighted by molar-refractivity contribution is 0.102. The number of hydrogen-bond acceptors (Lipinski definition) is 3. The van der Waals surface area contributed by atoms with Crippen molar-refractivity contribution >= 4 is 22.5 Å². The molecular weight excluding hydrogens is 317 g/mol. The highest BCUT2D eigenvalue weighted by Crippen LogP contribution is 2.33. The smallest absolute Gasteiger partial charge is 0.259 e. The monoisotopic (exact) mass is 335 g/mol. The van der Waals surface area contributed by atoms with E-state index in [0.717, 1.165) is 11.3 Å². The molecule has 0 unspecified atom stereocenters. The minimum Gasteiger partial charge on any atom is -0.306 e. The van der Waals surface area contributed by atoms with E-state index < -0.39 is 22.5 Å². The lowest BCUT2D eigenvalue weighted by atomic mass is 10.1. The zero-order valence-electron chi connectivity index (χ0n) is 13.2. The number of amides is 1. The van der Waals surface area contributed by atoms with Gasteiger partial charge in [0.2, 0.25) is 0 Å². The summed E-state index contributed by atoms with van der Waals surface area (Å²) in [5.74, 6) is 0.145. The molecule has 1 aliphatic heterocycles. The van der Waals surface area contributed by atoms with E-state index in [9.17, 15) is 13.4 Å². The fourth-order valence-electron chi connectivity index (χ4n) is 2.56. The number of nitrogens with zero attached hydrogens (tertiary/aromatic N) is 2. The van der Waals surface area contributed by atoms with Gasteiger partial charge in [0, 0.05) is 16.4 Å². The molecule has 1 aromatic carbocycles. The molecular formula is C16H18FN3O2S. The van der Waals surface area contributed by atoms with Crippen LogP contribution in [-0.4, -0.2) is 19.9 Å². The largest absolute Gasteiger partial charge is 0.306 e. The van der Waals surface area contributed by atoms with Crippen LogP contribution in [0.3, 0.4) is 0 Å². The number of benzene rings is 1. The van der Waals surface area contributed by atoms with Crippen LogP contribution >= 0.6 is 0 Å². The Kier molecular flexibility index (Phi) is 3.83. The van der Waals surface area contributed by atoms with Gasteiger partial charge in [0.1, 0.15) is 11.6 Å². The highest BCUT2D eigenvalue weighted by atomic mass is 32.2. The molecule has 2 heterocycles. The molecule has 23 heavy (non-hydrogen) atoms. The first-order valence-electron chi connectivity index (χ1n) is 7.29. The summed E-state index contributed by atoms with van der Waals surface area (Å²) < 4.78 is 27.3. The minimum absolute atomic E-state index is 0.0259. The first-order valence-corrected chi connectivity index (χ1v) is 8.78. The van der Waals surface area contributed by atoms with Gasteiger partial charge in [-0.25, -0.2) is 9.07 Å². The molecule has 0 radical (unpaired) electrons. The lowest BCUT2D eigenvalue weighted by Crippen LogP contribution is -2.27. The van der Waals surface area contributed by atoms with Crippen molar-refractivity contribution in [3.63, 3.8) is 0 Å². The molecule has 1 amide bonds. The maximum atomic E-state index is 13.8. The minimum atomic E-state index is -0.998. The van der Waals surface area contributed by atoms with E-state index in [4.69, 9.17) is 0 Å². The summed E-state index contributed by atoms with van der Waals surface area (Å²) >= 11 is 0. The summed E-state index contributed by atoms with van der Waals surface area (Å²) in [4.78, 5) is 12.4. The molecule has 2 aromatic rings. The normalized spacial score (nSPS) is 17.1. The Morgan fingerprint density at radius 3 is 2.65 bits per heavy atom. The third kappa shape index (κ3) is 2.93. The summed E-state index contributed by atoms with van der Waals surface area (Å²) in [6.45, 7) is 5.89. The molecule has 5 nitrogen and oxygen atoms in total. The molecule has 1 aliphatic rings. The highest BCUT2D eigenvalue weighted by molar-refractivity contribution is 7.83. The van der Waals surface area contributed by atoms with Gasteiger partial charge in [-0.05, 0) is 32.9 Å². The molecule has 122 valence electrons. The lowest BCUT2D eigenvalue weighted by Gasteiger charge is -2.23. The van der Waals surface area contributed by atoms with Crippen LogP contribution in [0.4, 0.5) is 10.2 Å². The fourth-order valence-corrected chi connectivity index (χ4v) is 3.83. The van der Waals surface area contributed by atoms with Crippen molar-refractivity contribution in [2.45, 2.75) is 37.8 Å². The van der Waals surface area contributed by atoms with Crippen molar-refractivity contribution in [2.75, 3.05) is 5.32 Å². The predicted molar refractivity (Wildman–Crippen MR) is 87.1 cm³/mol. The predicted octanol–water partition coefficient (Wildman–Crippen LogP) is 2.79. The standard InChI is InChI=1S/C16H18FN3O2S/c1-16(2,3)20-14(11-8-23(22)9-13(11)19-20)18-15(21)10-6-4-5-7-12(10)17/h4-7H,8-9H2,1-3H3,(H,18,21)/t23-/m1/s1. The third-order valence-electron chi connectivity index (χ3n) is 3.66. The van der Waals surface area contributed by atoms with Crippen LogP contribution in [0.2, 0.25) is 0 Å². The zero-order valence-corrected chi connectivity index (χ0v) is 14.0. The second kappa shape index (κ2) is 5.56. The van der Waals surface area contributed by atoms with Crippen LogP contribution in [0.15, 0.2) is 24.3 Å². The van der Waals surface area contributed by atoms with Crippen molar-refractivity contribution in [3.8, 4) is 0 Å². The number of anilines is 1. The number of carbonyl (C=O) groups is 1. The van der Waals surface area contributed by atoms with Gasteiger partial charge >= 0.3 is 0 Å². The van der Waals surface area contributed by atoms with E-state index in [1.165, 1.54) is 18.2 Å². The summed E-state index contributed by atoms with van der Waals surface area (Å²) in [5, 5.41) is 7.26. The Labute approximate surface area is 136 Å². The van der Waals surface area contributed by atoms with Crippen LogP contribution in [0.1, 0.15) is 42.4 Å². The highest BCUT2D eigenvalue weighted by Gasteiger charge is 2.31. The van der Waals surface area contributed by atoms with Gasteiger partial charge in [0.25, 0.3) is 5.91 Å². The second-order valence-corrected chi connectivity index (χ2v) is 7.98. The molecule has 0 aliphatic carbocycles. The van der Waals surface area contributed by atoms with Gasteiger partial charge in [-0.3, -0.25) is 9.00 Å². The fraction of sp³-hybridized carbons (Fsp3) is 0.375. The zero-order chi connectivity index (χ0) is 16.8. The van der Waals surface area contributed by atoms with Crippen molar-refractivity contribution in [2.24, 2.45) is 0 Å². The Hall–Kier alpha value is -2.02. The van der Waals surface area contributed by atoms with Gasteiger partial charge in [-0.15, -0.1) is 0 Å². The van der Waals surface area contributed by atoms with Crippen molar-refractivity contribution in [1.82, 2.24) is 9.78 Å². The van der Waals surface area contributed by atoms with E-state index in [-0.39, 0.29) is 11.1 Å². The average molecular weight is 335 g/mol. The summed E-state index contributed by atoms with van der Waals surface area (Å²) in [6, 6.07) is 5.82. The molecule has 0 saturated carbocycles. The van der Waals surface area contributed by atoms with Crippen LogP contribution < -0.4 is 5.32 Å². The van der Waals surface area contributed by atoms with Crippen LogP contribution in [0, 0.1) is 5.82 Å². The van der Waals surface area contributed by atoms with Crippen molar-refractivity contribution in [3.05, 3.63) is 46.9 Å². The molecule has 0 saturated heterocycles. The van der Waals surface area contributed by atoms with Gasteiger partial charge in [-0.2, -0.15) is 5.10 Å². The number of nitrogens with one attached hydrogen (secondary N) is 1. The molecule has 1 N–H and O–H groups in total. The van der Waals surface area contributed by atoms with E-state index in [1.807, 2.05) is 20.8 Å². The number of hydrogen-bond donors (Lipinski definition) is 1. The molecule has 0 bridgehead atoms. The number of aromatic nitrogens is 2. The van der Waals surface area contributed by atoms with Crippen LogP contribution in [0.5, 0.6) is 0 Å². The number of fused-ring (bicyclic) bond motifs is 1. The van der Waals surface area contributed by atoms with Gasteiger partial charge < -0.3 is 5.32 Å². The molecule has 7 heteroatoms. The van der Waals surface area contributed by atoms with Crippen LogP contribution in [0.25, 0.3) is 0 Å². The van der Waals surface area contributed by atoms with E-state index in [2.05, 4.69) is 10.4 Å². The number of halogens is 1. The number of carbonyl (C=O) groups excluding carboxylic acids is 1. The van der Waals surface area contributed by atoms with Gasteiger partial charge in [-0.1, -0.05) is 12.1 Å². The maximum absolute atomic E-state index is 13.8. The SMILES string of the molecule is CC(C)(C)n1nc2c(c1NC(=O)c1ccccc1F)C[S@@](=O)C2. The Morgan fingerprint density at radius 1 is 1.30 bits per heavy atom.